The summed E-state index contributed by atoms with van der Waals surface area (Å²) in [7, 11) is 0. The van der Waals surface area contributed by atoms with Gasteiger partial charge in [-0.15, -0.1) is 0 Å². The summed E-state index contributed by atoms with van der Waals surface area (Å²) in [6.45, 7) is 9.95. The van der Waals surface area contributed by atoms with Crippen LogP contribution in [0.25, 0.3) is 0 Å². The molecule has 0 amide bonds. The third-order valence-corrected chi connectivity index (χ3v) is 9.84. The van der Waals surface area contributed by atoms with E-state index in [2.05, 4.69) is 45.9 Å². The number of aliphatic hydroxyl groups excluding tert-OH is 2. The molecule has 0 heterocycles. The summed E-state index contributed by atoms with van der Waals surface area (Å²) in [6, 6.07) is 0. The van der Waals surface area contributed by atoms with Gasteiger partial charge in [-0.3, -0.25) is 0 Å². The molecule has 8 unspecified atom stereocenters. The zero-order chi connectivity index (χ0) is 20.8. The molecule has 29 heavy (non-hydrogen) atoms. The van der Waals surface area contributed by atoms with Crippen LogP contribution in [0, 0.1) is 46.3 Å². The first-order valence-corrected chi connectivity index (χ1v) is 12.5. The third-order valence-electron chi connectivity index (χ3n) is 9.84. The Balaban J connectivity index is 1.55. The molecule has 0 spiro atoms. The second-order valence-corrected chi connectivity index (χ2v) is 11.7. The predicted molar refractivity (Wildman–Crippen MR) is 120 cm³/mol. The summed E-state index contributed by atoms with van der Waals surface area (Å²) in [5, 5.41) is 20.8. The molecule has 4 aliphatic carbocycles. The Morgan fingerprint density at radius 2 is 1.90 bits per heavy atom. The molecular weight excluding hydrogens is 356 g/mol. The maximum Gasteiger partial charge on any atom is 0.0577 e. The minimum absolute atomic E-state index is 0.0235. The molecule has 0 aromatic heterocycles. The summed E-state index contributed by atoms with van der Waals surface area (Å²) in [4.78, 5) is 0. The van der Waals surface area contributed by atoms with Crippen molar-refractivity contribution in [3.05, 3.63) is 23.8 Å². The molecule has 4 rings (SSSR count). The standard InChI is InChI=1S/C27H44O2/c1-18(2)6-5-7-19(3)23-10-11-24-22-9-8-20-16-21(29)12-15-27(20,17-28)25(22)13-14-26(23,24)4/h5,7-8,18-19,21-25,28-29H,6,9-17H2,1-4H3. The van der Waals surface area contributed by atoms with Crippen molar-refractivity contribution in [2.24, 2.45) is 46.3 Å². The van der Waals surface area contributed by atoms with E-state index in [0.717, 1.165) is 42.9 Å². The van der Waals surface area contributed by atoms with Crippen LogP contribution in [-0.2, 0) is 0 Å². The highest BCUT2D eigenvalue weighted by atomic mass is 16.3. The lowest BCUT2D eigenvalue weighted by atomic mass is 9.46. The molecule has 3 saturated carbocycles. The highest BCUT2D eigenvalue weighted by Gasteiger charge is 2.60. The van der Waals surface area contributed by atoms with Gasteiger partial charge < -0.3 is 10.2 Å². The molecule has 0 aliphatic heterocycles. The number of hydrogen-bond acceptors (Lipinski definition) is 2. The summed E-state index contributed by atoms with van der Waals surface area (Å²) in [6.07, 6.45) is 17.6. The van der Waals surface area contributed by atoms with Crippen LogP contribution in [0.4, 0.5) is 0 Å². The van der Waals surface area contributed by atoms with Crippen molar-refractivity contribution in [3.8, 4) is 0 Å². The van der Waals surface area contributed by atoms with E-state index < -0.39 is 0 Å². The van der Waals surface area contributed by atoms with Crippen LogP contribution < -0.4 is 0 Å². The Labute approximate surface area is 178 Å². The molecule has 0 saturated heterocycles. The van der Waals surface area contributed by atoms with E-state index in [4.69, 9.17) is 0 Å². The zero-order valence-corrected chi connectivity index (χ0v) is 19.2. The van der Waals surface area contributed by atoms with Crippen LogP contribution in [0.1, 0.15) is 85.5 Å². The highest BCUT2D eigenvalue weighted by Crippen LogP contribution is 2.67. The smallest absolute Gasteiger partial charge is 0.0577 e. The van der Waals surface area contributed by atoms with E-state index in [1.165, 1.54) is 44.1 Å². The van der Waals surface area contributed by atoms with Crippen molar-refractivity contribution in [2.45, 2.75) is 91.6 Å². The maximum absolute atomic E-state index is 10.6. The van der Waals surface area contributed by atoms with Gasteiger partial charge in [0.2, 0.25) is 0 Å². The molecule has 164 valence electrons. The van der Waals surface area contributed by atoms with Gasteiger partial charge in [-0.25, -0.2) is 0 Å². The van der Waals surface area contributed by atoms with E-state index >= 15 is 0 Å². The predicted octanol–water partition coefficient (Wildman–Crippen LogP) is 6.14. The average molecular weight is 401 g/mol. The molecule has 0 radical (unpaired) electrons. The van der Waals surface area contributed by atoms with Gasteiger partial charge in [-0.1, -0.05) is 51.5 Å². The summed E-state index contributed by atoms with van der Waals surface area (Å²) < 4.78 is 0. The molecule has 4 aliphatic rings. The minimum Gasteiger partial charge on any atom is -0.395 e. The first kappa shape index (κ1) is 21.6. The Morgan fingerprint density at radius 3 is 2.62 bits per heavy atom. The Hall–Kier alpha value is -0.600. The minimum atomic E-state index is -0.194. The fourth-order valence-corrected chi connectivity index (χ4v) is 8.34. The van der Waals surface area contributed by atoms with E-state index in [-0.39, 0.29) is 18.1 Å². The molecule has 2 heteroatoms. The van der Waals surface area contributed by atoms with Crippen LogP contribution >= 0.6 is 0 Å². The Kier molecular flexibility index (Phi) is 6.08. The SMILES string of the molecule is CC(C)CC=CC(C)C1CCC2C3CC=C4CC(O)CCC4(CO)C3CCC12C. The van der Waals surface area contributed by atoms with Gasteiger partial charge in [0.05, 0.1) is 12.7 Å². The lowest BCUT2D eigenvalue weighted by molar-refractivity contribution is -0.0774. The number of rotatable bonds is 5. The summed E-state index contributed by atoms with van der Waals surface area (Å²) >= 11 is 0. The van der Waals surface area contributed by atoms with Gasteiger partial charge in [0.25, 0.3) is 0 Å². The average Bonchev–Trinajstić information content (AvgIpc) is 3.04. The van der Waals surface area contributed by atoms with Crippen molar-refractivity contribution in [3.63, 3.8) is 0 Å². The first-order valence-electron chi connectivity index (χ1n) is 12.5. The van der Waals surface area contributed by atoms with Crippen LogP contribution in [0.2, 0.25) is 0 Å². The summed E-state index contributed by atoms with van der Waals surface area (Å²) in [5.41, 5.74) is 1.83. The number of hydrogen-bond donors (Lipinski definition) is 2. The lowest BCUT2D eigenvalue weighted by Gasteiger charge is -2.58. The van der Waals surface area contributed by atoms with Gasteiger partial charge in [0.15, 0.2) is 0 Å². The van der Waals surface area contributed by atoms with Crippen LogP contribution in [0.15, 0.2) is 23.8 Å². The van der Waals surface area contributed by atoms with E-state index in [1.54, 1.807) is 0 Å². The maximum atomic E-state index is 10.6. The van der Waals surface area contributed by atoms with Crippen molar-refractivity contribution in [1.82, 2.24) is 0 Å². The second kappa shape index (κ2) is 8.15. The largest absolute Gasteiger partial charge is 0.395 e. The fraction of sp³-hybridized carbons (Fsp3) is 0.852. The Morgan fingerprint density at radius 1 is 1.10 bits per heavy atom. The summed E-state index contributed by atoms with van der Waals surface area (Å²) in [5.74, 6) is 4.39. The van der Waals surface area contributed by atoms with Gasteiger partial charge in [-0.2, -0.15) is 0 Å². The molecule has 2 nitrogen and oxygen atoms in total. The van der Waals surface area contributed by atoms with E-state index in [0.29, 0.717) is 17.3 Å². The molecule has 3 fully saturated rings. The van der Waals surface area contributed by atoms with Gasteiger partial charge in [-0.05, 0) is 98.7 Å². The molecule has 8 atom stereocenters. The van der Waals surface area contributed by atoms with Crippen molar-refractivity contribution >= 4 is 0 Å². The van der Waals surface area contributed by atoms with Gasteiger partial charge in [0.1, 0.15) is 0 Å². The molecule has 0 aromatic rings. The van der Waals surface area contributed by atoms with Crippen molar-refractivity contribution in [1.29, 1.82) is 0 Å². The van der Waals surface area contributed by atoms with Crippen LogP contribution in [0.3, 0.4) is 0 Å². The monoisotopic (exact) mass is 400 g/mol. The molecular formula is C27H44O2. The highest BCUT2D eigenvalue weighted by molar-refractivity contribution is 5.26. The van der Waals surface area contributed by atoms with Gasteiger partial charge >= 0.3 is 0 Å². The van der Waals surface area contributed by atoms with E-state index in [9.17, 15) is 10.2 Å². The zero-order valence-electron chi connectivity index (χ0n) is 19.2. The molecule has 0 aromatic carbocycles. The van der Waals surface area contributed by atoms with Crippen molar-refractivity contribution in [2.75, 3.05) is 6.61 Å². The second-order valence-electron chi connectivity index (χ2n) is 11.7. The molecule has 2 N–H and O–H groups in total. The normalized spacial score (nSPS) is 45.6. The number of allylic oxidation sites excluding steroid dienone is 3. The topological polar surface area (TPSA) is 40.5 Å². The van der Waals surface area contributed by atoms with E-state index in [1.807, 2.05) is 0 Å². The van der Waals surface area contributed by atoms with Crippen LogP contribution in [0.5, 0.6) is 0 Å². The van der Waals surface area contributed by atoms with Gasteiger partial charge in [0, 0.05) is 5.41 Å². The number of fused-ring (bicyclic) bond motifs is 5. The molecule has 0 bridgehead atoms. The van der Waals surface area contributed by atoms with Crippen molar-refractivity contribution < 1.29 is 10.2 Å². The first-order chi connectivity index (χ1) is 13.8. The quantitative estimate of drug-likeness (QED) is 0.544. The third kappa shape index (κ3) is 3.57. The van der Waals surface area contributed by atoms with Crippen LogP contribution in [-0.4, -0.2) is 22.9 Å². The number of aliphatic hydroxyl groups is 2. The Bertz CT molecular complexity index is 649. The lowest BCUT2D eigenvalue weighted by Crippen LogP contribution is -2.53. The fourth-order valence-electron chi connectivity index (χ4n) is 8.34.